The zero-order valence-electron chi connectivity index (χ0n) is 11.8. The van der Waals surface area contributed by atoms with E-state index in [2.05, 4.69) is 20.3 Å². The van der Waals surface area contributed by atoms with Gasteiger partial charge in [-0.15, -0.1) is 0 Å². The molecule has 1 amide bonds. The average Bonchev–Trinajstić information content (AvgIpc) is 2.49. The minimum Gasteiger partial charge on any atom is -0.307 e. The van der Waals surface area contributed by atoms with Crippen molar-refractivity contribution in [3.05, 3.63) is 63.7 Å². The highest BCUT2D eigenvalue weighted by molar-refractivity contribution is 6.04. The number of carbonyl (C=O) groups is 1. The molecule has 0 aliphatic rings. The van der Waals surface area contributed by atoms with Gasteiger partial charge in [0.25, 0.3) is 5.91 Å². The van der Waals surface area contributed by atoms with Crippen LogP contribution in [0.4, 0.5) is 24.7 Å². The van der Waals surface area contributed by atoms with Gasteiger partial charge in [-0.25, -0.2) is 4.98 Å². The molecule has 1 aromatic carbocycles. The second-order valence-electron chi connectivity index (χ2n) is 4.57. The van der Waals surface area contributed by atoms with E-state index in [1.807, 2.05) is 0 Å². The number of azide groups is 1. The maximum absolute atomic E-state index is 12.6. The third kappa shape index (κ3) is 3.98. The first-order valence-corrected chi connectivity index (χ1v) is 6.31. The summed E-state index contributed by atoms with van der Waals surface area (Å²) in [6.45, 7) is 1.69. The fourth-order valence-electron chi connectivity index (χ4n) is 1.77. The number of carbonyl (C=O) groups excluding carboxylic acids is 1. The first kappa shape index (κ1) is 16.3. The lowest BCUT2D eigenvalue weighted by atomic mass is 10.1. The number of hydrogen-bond acceptors (Lipinski definition) is 3. The Hall–Kier alpha value is -3.06. The van der Waals surface area contributed by atoms with Gasteiger partial charge in [-0.2, -0.15) is 13.2 Å². The normalized spacial score (nSPS) is 10.8. The van der Waals surface area contributed by atoms with Crippen molar-refractivity contribution < 1.29 is 18.0 Å². The van der Waals surface area contributed by atoms with Gasteiger partial charge in [0.05, 0.1) is 5.56 Å². The molecule has 6 nitrogen and oxygen atoms in total. The quantitative estimate of drug-likeness (QED) is 0.508. The van der Waals surface area contributed by atoms with Gasteiger partial charge in [0, 0.05) is 22.4 Å². The number of amides is 1. The Bertz CT molecular complexity index is 797. The predicted molar refractivity (Wildman–Crippen MR) is 77.2 cm³/mol. The molecule has 0 saturated carbocycles. The summed E-state index contributed by atoms with van der Waals surface area (Å²) in [6, 6.07) is 5.92. The third-order valence-corrected chi connectivity index (χ3v) is 2.95. The van der Waals surface area contributed by atoms with E-state index in [1.54, 1.807) is 13.0 Å². The fraction of sp³-hybridized carbons (Fsp3) is 0.143. The maximum atomic E-state index is 12.6. The molecular weight excluding hydrogens is 311 g/mol. The number of nitrogens with one attached hydrogen (secondary N) is 1. The van der Waals surface area contributed by atoms with Crippen molar-refractivity contribution in [2.24, 2.45) is 5.11 Å². The lowest BCUT2D eigenvalue weighted by Crippen LogP contribution is -2.14. The molecule has 0 aliphatic heterocycles. The van der Waals surface area contributed by atoms with E-state index in [1.165, 1.54) is 12.1 Å². The molecule has 0 unspecified atom stereocenters. The van der Waals surface area contributed by atoms with Crippen LogP contribution in [0.15, 0.2) is 41.6 Å². The molecule has 0 bridgehead atoms. The number of aromatic nitrogens is 1. The molecule has 1 N–H and O–H groups in total. The lowest BCUT2D eigenvalue weighted by Gasteiger charge is -2.09. The SMILES string of the molecule is Cc1ccc(C(=O)Nc2cc(C(F)(F)F)ccn2)cc1N=[N+]=[N-]. The lowest BCUT2D eigenvalue weighted by molar-refractivity contribution is -0.137. The summed E-state index contributed by atoms with van der Waals surface area (Å²) in [4.78, 5) is 18.4. The number of hydrogen-bond donors (Lipinski definition) is 1. The van der Waals surface area contributed by atoms with E-state index >= 15 is 0 Å². The summed E-state index contributed by atoms with van der Waals surface area (Å²) in [5.74, 6) is -0.887. The van der Waals surface area contributed by atoms with Crippen molar-refractivity contribution in [1.82, 2.24) is 4.98 Å². The van der Waals surface area contributed by atoms with E-state index < -0.39 is 17.6 Å². The Kier molecular flexibility index (Phi) is 4.52. The first-order valence-electron chi connectivity index (χ1n) is 6.31. The van der Waals surface area contributed by atoms with Crippen LogP contribution in [-0.2, 0) is 6.18 Å². The highest BCUT2D eigenvalue weighted by Gasteiger charge is 2.30. The number of rotatable bonds is 3. The van der Waals surface area contributed by atoms with Crippen LogP contribution in [-0.4, -0.2) is 10.9 Å². The van der Waals surface area contributed by atoms with Crippen molar-refractivity contribution >= 4 is 17.4 Å². The average molecular weight is 321 g/mol. The van der Waals surface area contributed by atoms with Gasteiger partial charge in [-0.3, -0.25) is 4.79 Å². The van der Waals surface area contributed by atoms with Crippen LogP contribution in [0.5, 0.6) is 0 Å². The number of pyridine rings is 1. The van der Waals surface area contributed by atoms with Gasteiger partial charge >= 0.3 is 6.18 Å². The number of alkyl halides is 3. The highest BCUT2D eigenvalue weighted by Crippen LogP contribution is 2.30. The Labute approximate surface area is 128 Å². The minimum atomic E-state index is -4.53. The Morgan fingerprint density at radius 3 is 2.70 bits per heavy atom. The second kappa shape index (κ2) is 6.37. The van der Waals surface area contributed by atoms with E-state index in [-0.39, 0.29) is 17.1 Å². The van der Waals surface area contributed by atoms with Crippen LogP contribution in [0.25, 0.3) is 10.4 Å². The number of halogens is 3. The topological polar surface area (TPSA) is 90.8 Å². The Balaban J connectivity index is 2.26. The molecule has 1 heterocycles. The molecule has 1 aromatic heterocycles. The zero-order valence-corrected chi connectivity index (χ0v) is 11.8. The van der Waals surface area contributed by atoms with Gasteiger partial charge in [-0.1, -0.05) is 11.2 Å². The summed E-state index contributed by atoms with van der Waals surface area (Å²) in [5.41, 5.74) is 8.60. The monoisotopic (exact) mass is 321 g/mol. The van der Waals surface area contributed by atoms with Crippen LogP contribution >= 0.6 is 0 Å². The highest BCUT2D eigenvalue weighted by atomic mass is 19.4. The summed E-state index contributed by atoms with van der Waals surface area (Å²) >= 11 is 0. The zero-order chi connectivity index (χ0) is 17.0. The number of nitrogens with zero attached hydrogens (tertiary/aromatic N) is 4. The smallest absolute Gasteiger partial charge is 0.307 e. The largest absolute Gasteiger partial charge is 0.416 e. The molecule has 2 rings (SSSR count). The number of benzene rings is 1. The van der Waals surface area contributed by atoms with Crippen molar-refractivity contribution in [2.45, 2.75) is 13.1 Å². The van der Waals surface area contributed by atoms with Crippen LogP contribution in [0.2, 0.25) is 0 Å². The van der Waals surface area contributed by atoms with E-state index in [4.69, 9.17) is 5.53 Å². The molecule has 0 saturated heterocycles. The van der Waals surface area contributed by atoms with E-state index in [0.717, 1.165) is 18.3 Å². The minimum absolute atomic E-state index is 0.136. The molecule has 0 atom stereocenters. The summed E-state index contributed by atoms with van der Waals surface area (Å²) in [5, 5.41) is 5.71. The molecule has 0 aliphatic carbocycles. The van der Waals surface area contributed by atoms with Crippen molar-refractivity contribution in [2.75, 3.05) is 5.32 Å². The summed E-state index contributed by atoms with van der Waals surface area (Å²) in [7, 11) is 0. The van der Waals surface area contributed by atoms with Crippen LogP contribution in [0, 0.1) is 6.92 Å². The van der Waals surface area contributed by atoms with Gasteiger partial charge < -0.3 is 5.32 Å². The van der Waals surface area contributed by atoms with Crippen molar-refractivity contribution in [3.63, 3.8) is 0 Å². The number of anilines is 1. The molecule has 0 fully saturated rings. The van der Waals surface area contributed by atoms with Gasteiger partial charge in [-0.05, 0) is 42.3 Å². The molecular formula is C14H10F3N5O. The third-order valence-electron chi connectivity index (χ3n) is 2.95. The summed E-state index contributed by atoms with van der Waals surface area (Å²) in [6.07, 6.45) is -3.57. The molecule has 9 heteroatoms. The van der Waals surface area contributed by atoms with Crippen molar-refractivity contribution in [1.29, 1.82) is 0 Å². The number of aryl methyl sites for hydroxylation is 1. The van der Waals surface area contributed by atoms with Gasteiger partial charge in [0.2, 0.25) is 0 Å². The molecule has 0 radical (unpaired) electrons. The fourth-order valence-corrected chi connectivity index (χ4v) is 1.77. The predicted octanol–water partition coefficient (Wildman–Crippen LogP) is 4.60. The van der Waals surface area contributed by atoms with E-state index in [9.17, 15) is 18.0 Å². The summed E-state index contributed by atoms with van der Waals surface area (Å²) < 4.78 is 37.9. The Morgan fingerprint density at radius 2 is 2.04 bits per heavy atom. The molecule has 2 aromatic rings. The van der Waals surface area contributed by atoms with Gasteiger partial charge in [0.15, 0.2) is 0 Å². The molecule has 0 spiro atoms. The van der Waals surface area contributed by atoms with E-state index in [0.29, 0.717) is 5.56 Å². The molecule has 118 valence electrons. The first-order chi connectivity index (χ1) is 10.8. The van der Waals surface area contributed by atoms with Crippen LogP contribution < -0.4 is 5.32 Å². The van der Waals surface area contributed by atoms with Crippen LogP contribution in [0.1, 0.15) is 21.5 Å². The van der Waals surface area contributed by atoms with Crippen LogP contribution in [0.3, 0.4) is 0 Å². The molecule has 23 heavy (non-hydrogen) atoms. The standard InChI is InChI=1S/C14H10F3N5O/c1-8-2-3-9(6-11(8)21-22-18)13(23)20-12-7-10(4-5-19-12)14(15,16)17/h2-7H,1H3,(H,19,20,23). The van der Waals surface area contributed by atoms with Gasteiger partial charge in [0.1, 0.15) is 5.82 Å². The Morgan fingerprint density at radius 1 is 1.30 bits per heavy atom. The maximum Gasteiger partial charge on any atom is 0.416 e. The van der Waals surface area contributed by atoms with Crippen molar-refractivity contribution in [3.8, 4) is 0 Å². The second-order valence-corrected chi connectivity index (χ2v) is 4.57.